The number of hydrogen-bond donors (Lipinski definition) is 4. The van der Waals surface area contributed by atoms with Crippen molar-refractivity contribution >= 4 is 23.8 Å². The highest BCUT2D eigenvalue weighted by Crippen LogP contribution is 1.88. The molecule has 0 aromatic carbocycles. The fraction of sp³-hybridized carbons (Fsp3) is 0.636. The summed E-state index contributed by atoms with van der Waals surface area (Å²) < 4.78 is 4.74. The Kier molecular flexibility index (Phi) is 9.57. The van der Waals surface area contributed by atoms with Gasteiger partial charge in [0.1, 0.15) is 0 Å². The van der Waals surface area contributed by atoms with E-state index in [0.717, 1.165) is 0 Å². The van der Waals surface area contributed by atoms with E-state index in [1.165, 1.54) is 7.11 Å². The highest BCUT2D eigenvalue weighted by Gasteiger charge is 2.09. The summed E-state index contributed by atoms with van der Waals surface area (Å²) in [5, 5.41) is 15.2. The van der Waals surface area contributed by atoms with Gasteiger partial charge in [-0.2, -0.15) is 0 Å². The van der Waals surface area contributed by atoms with Crippen molar-refractivity contribution in [2.45, 2.75) is 19.3 Å². The van der Waals surface area contributed by atoms with Crippen LogP contribution >= 0.6 is 0 Å². The minimum Gasteiger partial charge on any atom is -0.481 e. The number of urea groups is 1. The van der Waals surface area contributed by atoms with E-state index in [-0.39, 0.29) is 31.7 Å². The summed E-state index contributed by atoms with van der Waals surface area (Å²) in [5.41, 5.74) is 0. The number of aliphatic carboxylic acids is 1. The lowest BCUT2D eigenvalue weighted by molar-refractivity contribution is -0.138. The molecule has 0 atom stereocenters. The van der Waals surface area contributed by atoms with E-state index in [1.54, 1.807) is 0 Å². The monoisotopic (exact) mass is 289 g/mol. The highest BCUT2D eigenvalue weighted by molar-refractivity contribution is 5.95. The van der Waals surface area contributed by atoms with E-state index in [2.05, 4.69) is 10.6 Å². The molecule has 0 aliphatic rings. The van der Waals surface area contributed by atoms with Crippen LogP contribution in [0.5, 0.6) is 0 Å². The van der Waals surface area contributed by atoms with Gasteiger partial charge in [-0.05, 0) is 0 Å². The molecule has 0 rings (SSSR count). The third kappa shape index (κ3) is 11.0. The molecule has 9 heteroatoms. The van der Waals surface area contributed by atoms with Crippen LogP contribution in [0.3, 0.4) is 0 Å². The van der Waals surface area contributed by atoms with E-state index in [9.17, 15) is 19.2 Å². The summed E-state index contributed by atoms with van der Waals surface area (Å²) >= 11 is 0. The Bertz CT molecular complexity index is 358. The van der Waals surface area contributed by atoms with E-state index in [1.807, 2.05) is 5.32 Å². The normalized spacial score (nSPS) is 9.65. The second-order valence-corrected chi connectivity index (χ2v) is 3.79. The first kappa shape index (κ1) is 17.8. The Hall–Kier alpha value is -2.16. The number of carboxylic acid groups (broad SMARTS) is 1. The van der Waals surface area contributed by atoms with Crippen molar-refractivity contribution in [2.24, 2.45) is 0 Å². The van der Waals surface area contributed by atoms with Crippen molar-refractivity contribution < 1.29 is 29.0 Å². The Morgan fingerprint density at radius 2 is 1.65 bits per heavy atom. The van der Waals surface area contributed by atoms with Crippen molar-refractivity contribution in [1.82, 2.24) is 16.0 Å². The zero-order chi connectivity index (χ0) is 15.4. The number of hydrogen-bond acceptors (Lipinski definition) is 5. The smallest absolute Gasteiger partial charge is 0.321 e. The number of nitrogens with one attached hydrogen (secondary N) is 3. The topological polar surface area (TPSA) is 134 Å². The lowest BCUT2D eigenvalue weighted by Gasteiger charge is -2.07. The fourth-order valence-corrected chi connectivity index (χ4v) is 1.12. The van der Waals surface area contributed by atoms with Gasteiger partial charge in [0.2, 0.25) is 11.8 Å². The molecule has 20 heavy (non-hydrogen) atoms. The van der Waals surface area contributed by atoms with E-state index in [4.69, 9.17) is 9.84 Å². The SMILES string of the molecule is COCCNC(=O)CCNC(=O)NC(=O)CCC(=O)O. The van der Waals surface area contributed by atoms with Crippen molar-refractivity contribution in [3.05, 3.63) is 0 Å². The molecule has 9 nitrogen and oxygen atoms in total. The fourth-order valence-electron chi connectivity index (χ4n) is 1.12. The minimum absolute atomic E-state index is 0.0663. The second-order valence-electron chi connectivity index (χ2n) is 3.79. The molecule has 114 valence electrons. The maximum atomic E-state index is 11.2. The highest BCUT2D eigenvalue weighted by atomic mass is 16.5. The van der Waals surface area contributed by atoms with E-state index >= 15 is 0 Å². The van der Waals surface area contributed by atoms with Gasteiger partial charge in [-0.25, -0.2) is 4.79 Å². The van der Waals surface area contributed by atoms with Gasteiger partial charge in [0.25, 0.3) is 0 Å². The molecule has 0 aliphatic heterocycles. The number of carbonyl (C=O) groups is 4. The van der Waals surface area contributed by atoms with Crippen LogP contribution in [0.25, 0.3) is 0 Å². The molecule has 0 aliphatic carbocycles. The number of carbonyl (C=O) groups excluding carboxylic acids is 3. The second kappa shape index (κ2) is 10.7. The Morgan fingerprint density at radius 1 is 0.950 bits per heavy atom. The van der Waals surface area contributed by atoms with Crippen molar-refractivity contribution in [2.75, 3.05) is 26.8 Å². The molecule has 0 fully saturated rings. The molecular formula is C11H19N3O6. The van der Waals surface area contributed by atoms with Crippen molar-refractivity contribution in [1.29, 1.82) is 0 Å². The molecule has 0 radical (unpaired) electrons. The molecule has 0 unspecified atom stereocenters. The number of carboxylic acids is 1. The van der Waals surface area contributed by atoms with Gasteiger partial charge in [0.05, 0.1) is 13.0 Å². The third-order valence-electron chi connectivity index (χ3n) is 2.08. The Morgan fingerprint density at radius 3 is 2.25 bits per heavy atom. The third-order valence-corrected chi connectivity index (χ3v) is 2.08. The summed E-state index contributed by atoms with van der Waals surface area (Å²) in [6.45, 7) is 0.851. The number of amides is 4. The Balaban J connectivity index is 3.64. The lowest BCUT2D eigenvalue weighted by atomic mass is 10.3. The molecule has 0 saturated carbocycles. The quantitative estimate of drug-likeness (QED) is 0.395. The van der Waals surface area contributed by atoms with Crippen molar-refractivity contribution in [3.63, 3.8) is 0 Å². The predicted molar refractivity (Wildman–Crippen MR) is 67.9 cm³/mol. The molecule has 0 aromatic rings. The summed E-state index contributed by atoms with van der Waals surface area (Å²) in [6.07, 6.45) is -0.554. The maximum Gasteiger partial charge on any atom is 0.321 e. The van der Waals surface area contributed by atoms with Crippen LogP contribution in [0.1, 0.15) is 19.3 Å². The number of methoxy groups -OCH3 is 1. The van der Waals surface area contributed by atoms with Crippen LogP contribution in [0.15, 0.2) is 0 Å². The first-order valence-corrected chi connectivity index (χ1v) is 6.00. The van der Waals surface area contributed by atoms with Crippen LogP contribution in [0.4, 0.5) is 4.79 Å². The molecule has 0 heterocycles. The zero-order valence-electron chi connectivity index (χ0n) is 11.2. The summed E-state index contributed by atoms with van der Waals surface area (Å²) in [5.74, 6) is -2.05. The standard InChI is InChI=1S/C11H19N3O6/c1-20-7-6-12-8(15)4-5-13-11(19)14-9(16)2-3-10(17)18/h2-7H2,1H3,(H,12,15)(H,17,18)(H2,13,14,16,19). The maximum absolute atomic E-state index is 11.2. The predicted octanol–water partition coefficient (Wildman–Crippen LogP) is -1.17. The molecule has 4 amide bonds. The van der Waals surface area contributed by atoms with Gasteiger partial charge in [0, 0.05) is 33.0 Å². The zero-order valence-corrected chi connectivity index (χ0v) is 11.2. The molecule has 0 aromatic heterocycles. The van der Waals surface area contributed by atoms with Gasteiger partial charge in [-0.15, -0.1) is 0 Å². The van der Waals surface area contributed by atoms with Gasteiger partial charge in [-0.3, -0.25) is 19.7 Å². The first-order chi connectivity index (χ1) is 9.45. The van der Waals surface area contributed by atoms with Gasteiger partial charge in [-0.1, -0.05) is 0 Å². The molecule has 0 spiro atoms. The molecular weight excluding hydrogens is 270 g/mol. The van der Waals surface area contributed by atoms with Gasteiger partial charge >= 0.3 is 12.0 Å². The largest absolute Gasteiger partial charge is 0.481 e. The van der Waals surface area contributed by atoms with Crippen LogP contribution in [0, 0.1) is 0 Å². The van der Waals surface area contributed by atoms with E-state index in [0.29, 0.717) is 13.2 Å². The van der Waals surface area contributed by atoms with E-state index < -0.39 is 17.9 Å². The van der Waals surface area contributed by atoms with Gasteiger partial charge < -0.3 is 20.5 Å². The average molecular weight is 289 g/mol. The summed E-state index contributed by atoms with van der Waals surface area (Å²) in [4.78, 5) is 43.7. The molecule has 0 bridgehead atoms. The Labute approximate surface area is 116 Å². The van der Waals surface area contributed by atoms with Crippen LogP contribution in [0.2, 0.25) is 0 Å². The van der Waals surface area contributed by atoms with Crippen LogP contribution in [-0.2, 0) is 19.1 Å². The number of rotatable bonds is 9. The lowest BCUT2D eigenvalue weighted by Crippen LogP contribution is -2.41. The molecule has 4 N–H and O–H groups in total. The van der Waals surface area contributed by atoms with Crippen LogP contribution < -0.4 is 16.0 Å². The molecule has 0 saturated heterocycles. The summed E-state index contributed by atoms with van der Waals surface area (Å²) in [6, 6.07) is -0.759. The number of imide groups is 1. The average Bonchev–Trinajstić information content (AvgIpc) is 2.36. The first-order valence-electron chi connectivity index (χ1n) is 6.00. The minimum atomic E-state index is -1.12. The van der Waals surface area contributed by atoms with Gasteiger partial charge in [0.15, 0.2) is 0 Å². The van der Waals surface area contributed by atoms with Crippen molar-refractivity contribution in [3.8, 4) is 0 Å². The summed E-state index contributed by atoms with van der Waals surface area (Å²) in [7, 11) is 1.51. The number of ether oxygens (including phenoxy) is 1. The van der Waals surface area contributed by atoms with Crippen LogP contribution in [-0.4, -0.2) is 55.7 Å².